The molecule has 0 N–H and O–H groups in total. The van der Waals surface area contributed by atoms with Gasteiger partial charge in [0, 0.05) is 38.1 Å². The molecule has 0 spiro atoms. The number of carbonyl (C=O) groups excluding carboxylic acids is 1. The third-order valence-corrected chi connectivity index (χ3v) is 5.41. The predicted octanol–water partition coefficient (Wildman–Crippen LogP) is 2.60. The summed E-state index contributed by atoms with van der Waals surface area (Å²) in [7, 11) is 0. The second-order valence-electron chi connectivity index (χ2n) is 7.04. The monoisotopic (exact) mass is 336 g/mol. The van der Waals surface area contributed by atoms with E-state index in [1.807, 2.05) is 41.4 Å². The van der Waals surface area contributed by atoms with Gasteiger partial charge in [-0.3, -0.25) is 19.7 Å². The number of likely N-dealkylation sites (tertiary alicyclic amines) is 2. The molecule has 0 saturated carbocycles. The van der Waals surface area contributed by atoms with Crippen molar-refractivity contribution >= 4 is 5.91 Å². The second kappa shape index (κ2) is 7.31. The van der Waals surface area contributed by atoms with E-state index in [1.165, 1.54) is 19.3 Å². The fourth-order valence-electron chi connectivity index (χ4n) is 4.15. The molecule has 0 radical (unpaired) electrons. The lowest BCUT2D eigenvalue weighted by Gasteiger charge is -2.29. The van der Waals surface area contributed by atoms with Crippen molar-refractivity contribution in [3.63, 3.8) is 0 Å². The van der Waals surface area contributed by atoms with E-state index in [0.717, 1.165) is 31.9 Å². The van der Waals surface area contributed by atoms with E-state index in [0.29, 0.717) is 17.7 Å². The van der Waals surface area contributed by atoms with E-state index < -0.39 is 0 Å². The van der Waals surface area contributed by atoms with Crippen LogP contribution in [-0.2, 0) is 6.54 Å². The van der Waals surface area contributed by atoms with E-state index in [9.17, 15) is 4.79 Å². The number of amides is 1. The number of nitrogens with zero attached hydrogens (tertiary/aromatic N) is 4. The van der Waals surface area contributed by atoms with Crippen molar-refractivity contribution in [3.8, 4) is 0 Å². The Morgan fingerprint density at radius 2 is 1.88 bits per heavy atom. The molecule has 0 unspecified atom stereocenters. The molecule has 2 atom stereocenters. The summed E-state index contributed by atoms with van der Waals surface area (Å²) in [5.74, 6) is 0.616. The van der Waals surface area contributed by atoms with Crippen molar-refractivity contribution in [2.45, 2.75) is 31.8 Å². The first-order valence-electron chi connectivity index (χ1n) is 9.15. The average Bonchev–Trinajstić information content (AvgIpc) is 3.01. The standard InChI is InChI=1S/C20H24N4O/c25-20(18-9-2-5-11-22-18)24-13-16-7-3-6-12-23(19(16)15-24)14-17-8-1-4-10-21-17/h1-2,4-5,8-11,16,19H,3,6-7,12-15H2/t16-,19+/m0/s1. The number of aromatic nitrogens is 2. The molecular formula is C20H24N4O. The van der Waals surface area contributed by atoms with E-state index in [-0.39, 0.29) is 5.91 Å². The molecule has 4 rings (SSSR count). The Labute approximate surface area is 148 Å². The van der Waals surface area contributed by atoms with Crippen LogP contribution in [-0.4, -0.2) is 51.4 Å². The van der Waals surface area contributed by atoms with Gasteiger partial charge in [-0.05, 0) is 49.6 Å². The van der Waals surface area contributed by atoms with Gasteiger partial charge in [-0.15, -0.1) is 0 Å². The number of hydrogen-bond donors (Lipinski definition) is 0. The minimum Gasteiger partial charge on any atom is -0.335 e. The number of fused-ring (bicyclic) bond motifs is 1. The first-order valence-corrected chi connectivity index (χ1v) is 9.15. The van der Waals surface area contributed by atoms with Gasteiger partial charge in [0.25, 0.3) is 5.91 Å². The van der Waals surface area contributed by atoms with E-state index >= 15 is 0 Å². The molecule has 130 valence electrons. The summed E-state index contributed by atoms with van der Waals surface area (Å²) in [6.07, 6.45) is 7.22. The number of pyridine rings is 2. The minimum absolute atomic E-state index is 0.0615. The molecule has 2 aromatic rings. The maximum absolute atomic E-state index is 12.8. The molecule has 0 aromatic carbocycles. The van der Waals surface area contributed by atoms with Gasteiger partial charge in [-0.2, -0.15) is 0 Å². The Kier molecular flexibility index (Phi) is 4.74. The highest BCUT2D eigenvalue weighted by Gasteiger charge is 2.39. The highest BCUT2D eigenvalue weighted by Crippen LogP contribution is 2.31. The summed E-state index contributed by atoms with van der Waals surface area (Å²) in [5.41, 5.74) is 1.66. The van der Waals surface area contributed by atoms with E-state index in [1.54, 1.807) is 6.20 Å². The molecule has 4 heterocycles. The van der Waals surface area contributed by atoms with Crippen LogP contribution in [0.2, 0.25) is 0 Å². The lowest BCUT2D eigenvalue weighted by molar-refractivity contribution is 0.0767. The fraction of sp³-hybridized carbons (Fsp3) is 0.450. The first-order chi connectivity index (χ1) is 12.3. The van der Waals surface area contributed by atoms with E-state index in [4.69, 9.17) is 0 Å². The maximum atomic E-state index is 12.8. The highest BCUT2D eigenvalue weighted by atomic mass is 16.2. The van der Waals surface area contributed by atoms with Crippen LogP contribution in [0.1, 0.15) is 35.4 Å². The van der Waals surface area contributed by atoms with Crippen molar-refractivity contribution in [2.24, 2.45) is 5.92 Å². The number of hydrogen-bond acceptors (Lipinski definition) is 4. The summed E-state index contributed by atoms with van der Waals surface area (Å²) >= 11 is 0. The summed E-state index contributed by atoms with van der Waals surface area (Å²) in [6, 6.07) is 12.0. The Morgan fingerprint density at radius 3 is 2.64 bits per heavy atom. The third kappa shape index (κ3) is 3.56. The molecular weight excluding hydrogens is 312 g/mol. The molecule has 2 aromatic heterocycles. The van der Waals surface area contributed by atoms with Crippen LogP contribution in [0.25, 0.3) is 0 Å². The van der Waals surface area contributed by atoms with Crippen LogP contribution in [0.5, 0.6) is 0 Å². The van der Waals surface area contributed by atoms with Gasteiger partial charge < -0.3 is 4.90 Å². The van der Waals surface area contributed by atoms with Crippen LogP contribution in [0.15, 0.2) is 48.8 Å². The summed E-state index contributed by atoms with van der Waals surface area (Å²) < 4.78 is 0. The molecule has 5 heteroatoms. The lowest BCUT2D eigenvalue weighted by atomic mass is 9.98. The number of carbonyl (C=O) groups is 1. The predicted molar refractivity (Wildman–Crippen MR) is 95.9 cm³/mol. The summed E-state index contributed by atoms with van der Waals surface area (Å²) in [6.45, 7) is 3.60. The van der Waals surface area contributed by atoms with Gasteiger partial charge in [-0.25, -0.2) is 0 Å². The topological polar surface area (TPSA) is 49.3 Å². The smallest absolute Gasteiger partial charge is 0.272 e. The second-order valence-corrected chi connectivity index (χ2v) is 7.04. The number of rotatable bonds is 3. The normalized spacial score (nSPS) is 23.9. The summed E-state index contributed by atoms with van der Waals surface area (Å²) in [5, 5.41) is 0. The van der Waals surface area contributed by atoms with Crippen molar-refractivity contribution in [2.75, 3.05) is 19.6 Å². The quantitative estimate of drug-likeness (QED) is 0.864. The zero-order valence-corrected chi connectivity index (χ0v) is 14.4. The van der Waals surface area contributed by atoms with Gasteiger partial charge in [0.15, 0.2) is 0 Å². The Morgan fingerprint density at radius 1 is 1.04 bits per heavy atom. The molecule has 5 nitrogen and oxygen atoms in total. The maximum Gasteiger partial charge on any atom is 0.272 e. The van der Waals surface area contributed by atoms with Gasteiger partial charge in [0.2, 0.25) is 0 Å². The molecule has 2 aliphatic rings. The molecule has 2 fully saturated rings. The van der Waals surface area contributed by atoms with Crippen molar-refractivity contribution < 1.29 is 4.79 Å². The van der Waals surface area contributed by atoms with Gasteiger partial charge in [0.05, 0.1) is 5.69 Å². The van der Waals surface area contributed by atoms with Crippen molar-refractivity contribution in [1.82, 2.24) is 19.8 Å². The lowest BCUT2D eigenvalue weighted by Crippen LogP contribution is -2.40. The Hall–Kier alpha value is -2.27. The Balaban J connectivity index is 1.50. The minimum atomic E-state index is 0.0615. The molecule has 0 aliphatic carbocycles. The summed E-state index contributed by atoms with van der Waals surface area (Å²) in [4.78, 5) is 26.0. The first kappa shape index (κ1) is 16.2. The molecule has 25 heavy (non-hydrogen) atoms. The largest absolute Gasteiger partial charge is 0.335 e. The SMILES string of the molecule is O=C(c1ccccn1)N1C[C@@H]2CCCCN(Cc3ccccn3)[C@@H]2C1. The zero-order valence-electron chi connectivity index (χ0n) is 14.4. The molecule has 2 saturated heterocycles. The average molecular weight is 336 g/mol. The van der Waals surface area contributed by atoms with Crippen LogP contribution < -0.4 is 0 Å². The van der Waals surface area contributed by atoms with E-state index in [2.05, 4.69) is 20.9 Å². The highest BCUT2D eigenvalue weighted by molar-refractivity contribution is 5.92. The zero-order chi connectivity index (χ0) is 17.1. The van der Waals surface area contributed by atoms with Gasteiger partial charge in [-0.1, -0.05) is 18.6 Å². The third-order valence-electron chi connectivity index (χ3n) is 5.41. The Bertz CT molecular complexity index is 706. The van der Waals surface area contributed by atoms with Crippen LogP contribution in [0.3, 0.4) is 0 Å². The van der Waals surface area contributed by atoms with Crippen molar-refractivity contribution in [3.05, 3.63) is 60.2 Å². The molecule has 2 aliphatic heterocycles. The van der Waals surface area contributed by atoms with Gasteiger partial charge >= 0.3 is 0 Å². The van der Waals surface area contributed by atoms with Crippen LogP contribution in [0, 0.1) is 5.92 Å². The van der Waals surface area contributed by atoms with Crippen LogP contribution in [0.4, 0.5) is 0 Å². The fourth-order valence-corrected chi connectivity index (χ4v) is 4.15. The van der Waals surface area contributed by atoms with Crippen molar-refractivity contribution in [1.29, 1.82) is 0 Å². The molecule has 1 amide bonds. The molecule has 0 bridgehead atoms. The van der Waals surface area contributed by atoms with Crippen LogP contribution >= 0.6 is 0 Å². The van der Waals surface area contributed by atoms with Gasteiger partial charge in [0.1, 0.15) is 5.69 Å².